The highest BCUT2D eigenvalue weighted by atomic mass is 15.3. The van der Waals surface area contributed by atoms with Gasteiger partial charge in [-0.2, -0.15) is 0 Å². The number of hydrogen-bond acceptors (Lipinski definition) is 2. The van der Waals surface area contributed by atoms with Crippen molar-refractivity contribution < 1.29 is 0 Å². The molecule has 2 rings (SSSR count). The number of benzene rings is 1. The van der Waals surface area contributed by atoms with Crippen molar-refractivity contribution in [1.29, 1.82) is 0 Å². The molecule has 0 bridgehead atoms. The largest absolute Gasteiger partial charge is 0.301 e. The molecule has 1 aromatic rings. The number of rotatable bonds is 5. The fraction of sp³-hybridized carbons (Fsp3) is 0.600. The Morgan fingerprint density at radius 3 is 2.06 bits per heavy atom. The van der Waals surface area contributed by atoms with E-state index in [4.69, 9.17) is 0 Å². The van der Waals surface area contributed by atoms with Crippen molar-refractivity contribution in [3.8, 4) is 0 Å². The van der Waals surface area contributed by atoms with Crippen molar-refractivity contribution >= 4 is 0 Å². The zero-order valence-electron chi connectivity index (χ0n) is 10.9. The van der Waals surface area contributed by atoms with Crippen LogP contribution in [0.4, 0.5) is 0 Å². The van der Waals surface area contributed by atoms with Crippen LogP contribution in [0.3, 0.4) is 0 Å². The summed E-state index contributed by atoms with van der Waals surface area (Å²) < 4.78 is 0. The highest BCUT2D eigenvalue weighted by Crippen LogP contribution is 2.05. The first-order valence-corrected chi connectivity index (χ1v) is 6.87. The summed E-state index contributed by atoms with van der Waals surface area (Å²) in [4.78, 5) is 5.18. The van der Waals surface area contributed by atoms with Crippen LogP contribution in [0, 0.1) is 0 Å². The maximum absolute atomic E-state index is 2.60. The molecule has 0 atom stereocenters. The van der Waals surface area contributed by atoms with Crippen LogP contribution < -0.4 is 0 Å². The smallest absolute Gasteiger partial charge is 0.0110 e. The van der Waals surface area contributed by atoms with Crippen molar-refractivity contribution in [3.63, 3.8) is 0 Å². The Morgan fingerprint density at radius 2 is 1.47 bits per heavy atom. The molecule has 1 heterocycles. The third-order valence-corrected chi connectivity index (χ3v) is 3.56. The van der Waals surface area contributed by atoms with Crippen LogP contribution in [-0.2, 0) is 6.42 Å². The maximum atomic E-state index is 2.60. The monoisotopic (exact) mass is 232 g/mol. The predicted octanol–water partition coefficient (Wildman–Crippen LogP) is 2.26. The standard InChI is InChI=1S/C15H24N2/c1-2-9-16-11-13-17(14-12-16)10-8-15-6-4-3-5-7-15/h3-7H,2,8-14H2,1H3. The van der Waals surface area contributed by atoms with Crippen LogP contribution in [0.1, 0.15) is 18.9 Å². The Hall–Kier alpha value is -0.860. The summed E-state index contributed by atoms with van der Waals surface area (Å²) >= 11 is 0. The fourth-order valence-electron chi connectivity index (χ4n) is 2.48. The molecule has 0 radical (unpaired) electrons. The summed E-state index contributed by atoms with van der Waals surface area (Å²) in [6.45, 7) is 9.74. The average Bonchev–Trinajstić information content (AvgIpc) is 2.40. The van der Waals surface area contributed by atoms with E-state index in [-0.39, 0.29) is 0 Å². The van der Waals surface area contributed by atoms with E-state index in [0.29, 0.717) is 0 Å². The van der Waals surface area contributed by atoms with Gasteiger partial charge in [0.25, 0.3) is 0 Å². The molecule has 2 heteroatoms. The molecule has 1 aliphatic heterocycles. The highest BCUT2D eigenvalue weighted by Gasteiger charge is 2.15. The minimum Gasteiger partial charge on any atom is -0.301 e. The summed E-state index contributed by atoms with van der Waals surface area (Å²) in [5.74, 6) is 0. The zero-order chi connectivity index (χ0) is 11.9. The van der Waals surface area contributed by atoms with Crippen LogP contribution >= 0.6 is 0 Å². The number of piperazine rings is 1. The van der Waals surface area contributed by atoms with Crippen molar-refractivity contribution in [2.24, 2.45) is 0 Å². The number of nitrogens with zero attached hydrogens (tertiary/aromatic N) is 2. The molecule has 0 amide bonds. The van der Waals surface area contributed by atoms with Crippen molar-refractivity contribution in [1.82, 2.24) is 9.80 Å². The lowest BCUT2D eigenvalue weighted by molar-refractivity contribution is 0.133. The SMILES string of the molecule is CCCN1CCN(CCc2ccccc2)CC1. The van der Waals surface area contributed by atoms with Crippen LogP contribution in [0.2, 0.25) is 0 Å². The average molecular weight is 232 g/mol. The molecule has 0 aliphatic carbocycles. The van der Waals surface area contributed by atoms with E-state index in [1.54, 1.807) is 0 Å². The van der Waals surface area contributed by atoms with Gasteiger partial charge in [-0.1, -0.05) is 37.3 Å². The highest BCUT2D eigenvalue weighted by molar-refractivity contribution is 5.14. The van der Waals surface area contributed by atoms with E-state index >= 15 is 0 Å². The molecule has 1 saturated heterocycles. The topological polar surface area (TPSA) is 6.48 Å². The molecule has 17 heavy (non-hydrogen) atoms. The van der Waals surface area contributed by atoms with Gasteiger partial charge in [-0.15, -0.1) is 0 Å². The first-order valence-electron chi connectivity index (χ1n) is 6.87. The minimum atomic E-state index is 1.19. The zero-order valence-corrected chi connectivity index (χ0v) is 10.9. The lowest BCUT2D eigenvalue weighted by atomic mass is 10.1. The summed E-state index contributed by atoms with van der Waals surface area (Å²) in [6.07, 6.45) is 2.47. The fourth-order valence-corrected chi connectivity index (χ4v) is 2.48. The lowest BCUT2D eigenvalue weighted by Gasteiger charge is -2.34. The number of hydrogen-bond donors (Lipinski definition) is 0. The molecule has 1 fully saturated rings. The molecule has 2 nitrogen and oxygen atoms in total. The second-order valence-corrected chi connectivity index (χ2v) is 4.92. The van der Waals surface area contributed by atoms with Gasteiger partial charge >= 0.3 is 0 Å². The van der Waals surface area contributed by atoms with E-state index in [1.807, 2.05) is 0 Å². The third kappa shape index (κ3) is 4.14. The Kier molecular flexibility index (Phi) is 5.02. The lowest BCUT2D eigenvalue weighted by Crippen LogP contribution is -2.46. The second kappa shape index (κ2) is 6.77. The Bertz CT molecular complexity index is 302. The molecular formula is C15H24N2. The summed E-state index contributed by atoms with van der Waals surface area (Å²) in [6, 6.07) is 10.8. The molecule has 0 unspecified atom stereocenters. The molecule has 1 aromatic carbocycles. The van der Waals surface area contributed by atoms with Gasteiger partial charge in [-0.25, -0.2) is 0 Å². The first-order chi connectivity index (χ1) is 8.38. The normalized spacial score (nSPS) is 18.4. The van der Waals surface area contributed by atoms with E-state index in [0.717, 1.165) is 0 Å². The van der Waals surface area contributed by atoms with Crippen LogP contribution in [-0.4, -0.2) is 49.1 Å². The molecule has 1 aliphatic rings. The molecule has 0 spiro atoms. The van der Waals surface area contributed by atoms with Crippen LogP contribution in [0.5, 0.6) is 0 Å². The Labute approximate surface area is 105 Å². The second-order valence-electron chi connectivity index (χ2n) is 4.92. The van der Waals surface area contributed by atoms with E-state index in [2.05, 4.69) is 47.1 Å². The summed E-state index contributed by atoms with van der Waals surface area (Å²) in [5.41, 5.74) is 1.46. The molecular weight excluding hydrogens is 208 g/mol. The van der Waals surface area contributed by atoms with Gasteiger partial charge in [0.15, 0.2) is 0 Å². The molecule has 0 saturated carbocycles. The summed E-state index contributed by atoms with van der Waals surface area (Å²) in [5, 5.41) is 0. The molecule has 0 aromatic heterocycles. The van der Waals surface area contributed by atoms with Gasteiger partial charge in [0.05, 0.1) is 0 Å². The van der Waals surface area contributed by atoms with Crippen LogP contribution in [0.25, 0.3) is 0 Å². The maximum Gasteiger partial charge on any atom is 0.0110 e. The van der Waals surface area contributed by atoms with E-state index in [9.17, 15) is 0 Å². The van der Waals surface area contributed by atoms with Gasteiger partial charge < -0.3 is 9.80 Å². The predicted molar refractivity (Wildman–Crippen MR) is 73.3 cm³/mol. The van der Waals surface area contributed by atoms with Gasteiger partial charge in [-0.3, -0.25) is 0 Å². The first kappa shape index (κ1) is 12.6. The van der Waals surface area contributed by atoms with Gasteiger partial charge in [0, 0.05) is 32.7 Å². The van der Waals surface area contributed by atoms with Gasteiger partial charge in [0.1, 0.15) is 0 Å². The van der Waals surface area contributed by atoms with E-state index < -0.39 is 0 Å². The minimum absolute atomic E-state index is 1.19. The molecule has 94 valence electrons. The quantitative estimate of drug-likeness (QED) is 0.768. The van der Waals surface area contributed by atoms with Crippen LogP contribution in [0.15, 0.2) is 30.3 Å². The molecule has 0 N–H and O–H groups in total. The van der Waals surface area contributed by atoms with Gasteiger partial charge in [-0.05, 0) is 24.9 Å². The van der Waals surface area contributed by atoms with Crippen molar-refractivity contribution in [2.75, 3.05) is 39.3 Å². The van der Waals surface area contributed by atoms with E-state index in [1.165, 1.54) is 57.7 Å². The van der Waals surface area contributed by atoms with Gasteiger partial charge in [0.2, 0.25) is 0 Å². The van der Waals surface area contributed by atoms with Crippen molar-refractivity contribution in [3.05, 3.63) is 35.9 Å². The Morgan fingerprint density at radius 1 is 0.882 bits per heavy atom. The Balaban J connectivity index is 1.68. The third-order valence-electron chi connectivity index (χ3n) is 3.56. The summed E-state index contributed by atoms with van der Waals surface area (Å²) in [7, 11) is 0. The van der Waals surface area contributed by atoms with Crippen molar-refractivity contribution in [2.45, 2.75) is 19.8 Å².